The number of likely N-dealkylation sites (tertiary alicyclic amines) is 3. The Kier molecular flexibility index (Phi) is 16.7. The summed E-state index contributed by atoms with van der Waals surface area (Å²) in [5.41, 5.74) is 23.1. The summed E-state index contributed by atoms with van der Waals surface area (Å²) in [7, 11) is 0. The average Bonchev–Trinajstić information content (AvgIpc) is 3.88. The predicted molar refractivity (Wildman–Crippen MR) is 182 cm³/mol. The average molecular weight is 694 g/mol. The van der Waals surface area contributed by atoms with Crippen LogP contribution in [0.2, 0.25) is 0 Å². The Labute approximate surface area is 289 Å². The van der Waals surface area contributed by atoms with Crippen molar-refractivity contribution >= 4 is 35.5 Å². The van der Waals surface area contributed by atoms with E-state index in [0.717, 1.165) is 6.42 Å². The largest absolute Gasteiger partial charge is 0.480 e. The highest BCUT2D eigenvalue weighted by Crippen LogP contribution is 2.24. The Balaban J connectivity index is 1.72. The van der Waals surface area contributed by atoms with Gasteiger partial charge in [0, 0.05) is 19.6 Å². The molecule has 0 aliphatic carbocycles. The van der Waals surface area contributed by atoms with Gasteiger partial charge in [0.15, 0.2) is 0 Å². The van der Waals surface area contributed by atoms with Gasteiger partial charge in [0.25, 0.3) is 0 Å². The lowest BCUT2D eigenvalue weighted by molar-refractivity contribution is -0.150. The Bertz CT molecular complexity index is 1140. The summed E-state index contributed by atoms with van der Waals surface area (Å²) in [6, 6.07) is -5.19. The molecule has 3 rings (SSSR count). The monoisotopic (exact) mass is 693 g/mol. The van der Waals surface area contributed by atoms with Crippen LogP contribution in [0, 0.1) is 0 Å². The van der Waals surface area contributed by atoms with Crippen molar-refractivity contribution in [1.29, 1.82) is 0 Å². The van der Waals surface area contributed by atoms with Gasteiger partial charge in [0.05, 0.1) is 6.04 Å². The molecule has 3 aliphatic rings. The zero-order valence-electron chi connectivity index (χ0n) is 28.9. The van der Waals surface area contributed by atoms with E-state index >= 15 is 0 Å². The molecule has 3 fully saturated rings. The fourth-order valence-corrected chi connectivity index (χ4v) is 7.17. The van der Waals surface area contributed by atoms with Crippen molar-refractivity contribution in [2.45, 2.75) is 133 Å². The van der Waals surface area contributed by atoms with Crippen LogP contribution in [0.1, 0.15) is 96.3 Å². The molecule has 0 radical (unpaired) electrons. The van der Waals surface area contributed by atoms with Gasteiger partial charge in [0.1, 0.15) is 30.2 Å². The Morgan fingerprint density at radius 3 is 1.35 bits per heavy atom. The van der Waals surface area contributed by atoms with Gasteiger partial charge < -0.3 is 53.4 Å². The first-order chi connectivity index (χ1) is 23.5. The maximum absolute atomic E-state index is 14.1. The predicted octanol–water partition coefficient (Wildman–Crippen LogP) is -1.27. The number of nitrogens with one attached hydrogen (secondary N) is 2. The molecule has 16 nitrogen and oxygen atoms in total. The van der Waals surface area contributed by atoms with E-state index < -0.39 is 65.8 Å². The Hall–Kier alpha value is -3.34. The van der Waals surface area contributed by atoms with Crippen LogP contribution < -0.4 is 33.6 Å². The molecule has 3 aliphatic heterocycles. The molecule has 16 heteroatoms. The van der Waals surface area contributed by atoms with Gasteiger partial charge in [-0.2, -0.15) is 0 Å². The number of rotatable bonds is 20. The smallest absolute Gasteiger partial charge is 0.326 e. The summed E-state index contributed by atoms with van der Waals surface area (Å²) in [6.45, 7) is 2.32. The molecule has 0 aromatic rings. The molecule has 0 aromatic carbocycles. The summed E-state index contributed by atoms with van der Waals surface area (Å²) in [5, 5.41) is 15.4. The normalized spacial score (nSPS) is 22.5. The van der Waals surface area contributed by atoms with Gasteiger partial charge in [-0.1, -0.05) is 6.42 Å². The van der Waals surface area contributed by atoms with Crippen LogP contribution in [-0.2, 0) is 28.8 Å². The second-order valence-corrected chi connectivity index (χ2v) is 13.5. The fraction of sp³-hybridized carbons (Fsp3) is 0.818. The second-order valence-electron chi connectivity index (χ2n) is 13.5. The highest BCUT2D eigenvalue weighted by molar-refractivity contribution is 5.97. The van der Waals surface area contributed by atoms with Gasteiger partial charge in [-0.05, 0) is 110 Å². The van der Waals surface area contributed by atoms with Gasteiger partial charge in [-0.3, -0.25) is 24.0 Å². The molecule has 3 saturated heterocycles. The highest BCUT2D eigenvalue weighted by atomic mass is 16.4. The van der Waals surface area contributed by atoms with Crippen LogP contribution in [0.5, 0.6) is 0 Å². The number of carboxylic acid groups (broad SMARTS) is 1. The number of hydrogen-bond donors (Lipinski definition) is 7. The zero-order chi connectivity index (χ0) is 35.9. The summed E-state index contributed by atoms with van der Waals surface area (Å²) < 4.78 is 0. The minimum atomic E-state index is -1.08. The highest BCUT2D eigenvalue weighted by Gasteiger charge is 2.43. The van der Waals surface area contributed by atoms with E-state index in [4.69, 9.17) is 22.9 Å². The van der Waals surface area contributed by atoms with E-state index in [-0.39, 0.29) is 12.3 Å². The van der Waals surface area contributed by atoms with Gasteiger partial charge in [-0.25, -0.2) is 4.79 Å². The SMILES string of the molecule is NCCCC[C@H](NC(=O)[C@@H]1CCCN1C(=O)[C@H](CCCCN)NC(=O)[C@@H]1CCCN1C(=O)[C@@H](N)CCCCN)C(=O)N1CCC[C@H]1C(=O)O. The number of nitrogens with two attached hydrogens (primary N) is 4. The number of carboxylic acids is 1. The van der Waals surface area contributed by atoms with Crippen LogP contribution >= 0.6 is 0 Å². The van der Waals surface area contributed by atoms with E-state index in [1.807, 2.05) is 0 Å². The number of unbranched alkanes of at least 4 members (excludes halogenated alkanes) is 3. The van der Waals surface area contributed by atoms with E-state index in [2.05, 4.69) is 10.6 Å². The molecule has 0 unspecified atom stereocenters. The van der Waals surface area contributed by atoms with E-state index in [9.17, 15) is 33.9 Å². The third-order valence-corrected chi connectivity index (χ3v) is 9.91. The van der Waals surface area contributed by atoms with Crippen molar-refractivity contribution in [3.63, 3.8) is 0 Å². The van der Waals surface area contributed by atoms with E-state index in [1.54, 1.807) is 0 Å². The minimum Gasteiger partial charge on any atom is -0.480 e. The molecular weight excluding hydrogens is 634 g/mol. The van der Waals surface area contributed by atoms with Crippen molar-refractivity contribution in [3.05, 3.63) is 0 Å². The number of aliphatic carboxylic acids is 1. The molecule has 0 spiro atoms. The maximum Gasteiger partial charge on any atom is 0.326 e. The van der Waals surface area contributed by atoms with Crippen molar-refractivity contribution in [2.24, 2.45) is 22.9 Å². The van der Waals surface area contributed by atoms with Crippen LogP contribution in [0.25, 0.3) is 0 Å². The van der Waals surface area contributed by atoms with Crippen molar-refractivity contribution in [3.8, 4) is 0 Å². The standard InChI is InChI=1S/C33H59N9O7/c34-16-4-1-10-22(37)30(45)40-19-7-13-25(40)28(43)38-23(11-2-5-17-35)31(46)41-20-8-14-26(41)29(44)39-24(12-3-6-18-36)32(47)42-21-9-15-27(42)33(48)49/h22-27H,1-21,34-37H2,(H,38,43)(H,39,44)(H,48,49)/t22-,23-,24-,25-,26-,27-/m0/s1. The molecule has 0 bridgehead atoms. The number of carbonyl (C=O) groups excluding carboxylic acids is 5. The molecule has 0 aromatic heterocycles. The van der Waals surface area contributed by atoms with Crippen LogP contribution in [-0.4, -0.2) is 131 Å². The van der Waals surface area contributed by atoms with Crippen molar-refractivity contribution < 1.29 is 33.9 Å². The van der Waals surface area contributed by atoms with Crippen LogP contribution in [0.15, 0.2) is 0 Å². The number of nitrogens with zero attached hydrogens (tertiary/aromatic N) is 3. The second kappa shape index (κ2) is 20.4. The lowest BCUT2D eigenvalue weighted by Gasteiger charge is -2.32. The quantitative estimate of drug-likeness (QED) is 0.0739. The third kappa shape index (κ3) is 11.1. The summed E-state index contributed by atoms with van der Waals surface area (Å²) in [4.78, 5) is 84.2. The third-order valence-electron chi connectivity index (χ3n) is 9.91. The topological polar surface area (TPSA) is 261 Å². The first kappa shape index (κ1) is 40.1. The number of amides is 5. The molecule has 49 heavy (non-hydrogen) atoms. The molecular formula is C33H59N9O7. The summed E-state index contributed by atoms with van der Waals surface area (Å²) in [5.74, 6) is -3.16. The first-order valence-electron chi connectivity index (χ1n) is 18.2. The molecule has 3 heterocycles. The number of carbonyl (C=O) groups is 6. The van der Waals surface area contributed by atoms with Gasteiger partial charge in [0.2, 0.25) is 29.5 Å². The molecule has 278 valence electrons. The van der Waals surface area contributed by atoms with E-state index in [0.29, 0.717) is 123 Å². The Morgan fingerprint density at radius 1 is 0.571 bits per heavy atom. The molecule has 5 amide bonds. The minimum absolute atomic E-state index is 0.288. The molecule has 0 saturated carbocycles. The van der Waals surface area contributed by atoms with Crippen molar-refractivity contribution in [1.82, 2.24) is 25.3 Å². The zero-order valence-corrected chi connectivity index (χ0v) is 28.9. The van der Waals surface area contributed by atoms with Gasteiger partial charge >= 0.3 is 5.97 Å². The first-order valence-corrected chi connectivity index (χ1v) is 18.2. The summed E-state index contributed by atoms with van der Waals surface area (Å²) in [6.07, 6.45) is 7.83. The molecule has 11 N–H and O–H groups in total. The molecule has 6 atom stereocenters. The van der Waals surface area contributed by atoms with Crippen molar-refractivity contribution in [2.75, 3.05) is 39.3 Å². The lowest BCUT2D eigenvalue weighted by Crippen LogP contribution is -2.58. The van der Waals surface area contributed by atoms with Gasteiger partial charge in [-0.15, -0.1) is 0 Å². The summed E-state index contributed by atoms with van der Waals surface area (Å²) >= 11 is 0. The number of hydrogen-bond acceptors (Lipinski definition) is 10. The lowest BCUT2D eigenvalue weighted by atomic mass is 10.0. The van der Waals surface area contributed by atoms with E-state index in [1.165, 1.54) is 14.7 Å². The van der Waals surface area contributed by atoms with Crippen LogP contribution in [0.4, 0.5) is 0 Å². The fourth-order valence-electron chi connectivity index (χ4n) is 7.17. The maximum atomic E-state index is 14.1. The van der Waals surface area contributed by atoms with Crippen LogP contribution in [0.3, 0.4) is 0 Å². The Morgan fingerprint density at radius 2 is 0.939 bits per heavy atom.